The van der Waals surface area contributed by atoms with Crippen molar-refractivity contribution in [2.75, 3.05) is 12.3 Å². The van der Waals surface area contributed by atoms with Crippen molar-refractivity contribution < 1.29 is 4.74 Å². The van der Waals surface area contributed by atoms with E-state index in [0.29, 0.717) is 23.5 Å². The van der Waals surface area contributed by atoms with Crippen molar-refractivity contribution >= 4 is 22.2 Å². The molecular formula is C27H27N7O. The summed E-state index contributed by atoms with van der Waals surface area (Å²) in [7, 11) is 0. The van der Waals surface area contributed by atoms with Crippen LogP contribution in [0.4, 0.5) is 5.82 Å². The van der Waals surface area contributed by atoms with Crippen LogP contribution < -0.4 is 16.2 Å². The van der Waals surface area contributed by atoms with E-state index in [-0.39, 0.29) is 0 Å². The number of nitrogens with two attached hydrogens (primary N) is 2. The first-order valence-electron chi connectivity index (χ1n) is 12.0. The number of benzene rings is 2. The van der Waals surface area contributed by atoms with E-state index in [9.17, 15) is 0 Å². The molecular weight excluding hydrogens is 438 g/mol. The normalized spacial score (nSPS) is 18.2. The lowest BCUT2D eigenvalue weighted by molar-refractivity contribution is 0.323. The van der Waals surface area contributed by atoms with Crippen LogP contribution >= 0.6 is 0 Å². The third-order valence-electron chi connectivity index (χ3n) is 6.94. The minimum absolute atomic E-state index is 0.317. The minimum atomic E-state index is 0.317. The van der Waals surface area contributed by atoms with Crippen molar-refractivity contribution in [2.45, 2.75) is 31.6 Å². The van der Waals surface area contributed by atoms with Gasteiger partial charge in [0, 0.05) is 22.9 Å². The Morgan fingerprint density at radius 1 is 0.943 bits per heavy atom. The molecule has 8 nitrogen and oxygen atoms in total. The molecule has 3 aromatic heterocycles. The number of ether oxygens (including phenoxy) is 1. The highest BCUT2D eigenvalue weighted by molar-refractivity contribution is 5.90. The molecule has 176 valence electrons. The lowest BCUT2D eigenvalue weighted by Gasteiger charge is -2.26. The first-order valence-corrected chi connectivity index (χ1v) is 12.0. The number of fused-ring (bicyclic) bond motifs is 2. The monoisotopic (exact) mass is 465 g/mol. The molecule has 1 aliphatic rings. The second kappa shape index (κ2) is 8.96. The average molecular weight is 466 g/mol. The summed E-state index contributed by atoms with van der Waals surface area (Å²) in [5.74, 6) is 3.55. The molecule has 0 bridgehead atoms. The Bertz CT molecular complexity index is 1490. The van der Waals surface area contributed by atoms with Crippen LogP contribution in [0.25, 0.3) is 27.7 Å². The SMILES string of the molecule is NCC1CCC(c2nc(-c3ccc4ccc(Oc5ccccc5)nc4c3)c3c(N)ncnn23)CC1. The van der Waals surface area contributed by atoms with Crippen LogP contribution in [-0.2, 0) is 0 Å². The predicted molar refractivity (Wildman–Crippen MR) is 136 cm³/mol. The van der Waals surface area contributed by atoms with Gasteiger partial charge in [-0.25, -0.2) is 19.5 Å². The smallest absolute Gasteiger partial charge is 0.219 e. The van der Waals surface area contributed by atoms with Gasteiger partial charge >= 0.3 is 0 Å². The maximum Gasteiger partial charge on any atom is 0.219 e. The molecule has 1 aliphatic carbocycles. The fourth-order valence-electron chi connectivity index (χ4n) is 5.01. The van der Waals surface area contributed by atoms with Gasteiger partial charge in [-0.1, -0.05) is 30.3 Å². The summed E-state index contributed by atoms with van der Waals surface area (Å²) in [6.07, 6.45) is 5.80. The molecule has 0 atom stereocenters. The number of hydrogen-bond acceptors (Lipinski definition) is 7. The summed E-state index contributed by atoms with van der Waals surface area (Å²) in [6.45, 7) is 0.746. The molecule has 0 unspecified atom stereocenters. The van der Waals surface area contributed by atoms with E-state index >= 15 is 0 Å². The van der Waals surface area contributed by atoms with Gasteiger partial charge in [0.2, 0.25) is 5.88 Å². The summed E-state index contributed by atoms with van der Waals surface area (Å²) in [5, 5.41) is 5.54. The Morgan fingerprint density at radius 2 is 1.74 bits per heavy atom. The summed E-state index contributed by atoms with van der Waals surface area (Å²) in [5.41, 5.74) is 15.5. The number of nitrogens with zero attached hydrogens (tertiary/aromatic N) is 5. The zero-order valence-corrected chi connectivity index (χ0v) is 19.3. The first kappa shape index (κ1) is 21.5. The highest BCUT2D eigenvalue weighted by atomic mass is 16.5. The molecule has 35 heavy (non-hydrogen) atoms. The van der Waals surface area contributed by atoms with Crippen LogP contribution in [0.5, 0.6) is 11.6 Å². The highest BCUT2D eigenvalue weighted by Gasteiger charge is 2.27. The predicted octanol–water partition coefficient (Wildman–Crippen LogP) is 4.95. The molecule has 8 heteroatoms. The van der Waals surface area contributed by atoms with Gasteiger partial charge in [0.25, 0.3) is 0 Å². The Morgan fingerprint density at radius 3 is 2.54 bits per heavy atom. The lowest BCUT2D eigenvalue weighted by Crippen LogP contribution is -2.21. The molecule has 0 spiro atoms. The third kappa shape index (κ3) is 4.06. The third-order valence-corrected chi connectivity index (χ3v) is 6.94. The minimum Gasteiger partial charge on any atom is -0.439 e. The maximum absolute atomic E-state index is 6.34. The molecule has 2 aromatic carbocycles. The summed E-state index contributed by atoms with van der Waals surface area (Å²) in [4.78, 5) is 14.1. The molecule has 1 saturated carbocycles. The van der Waals surface area contributed by atoms with Crippen LogP contribution in [0.15, 0.2) is 67.0 Å². The number of imidazole rings is 1. The van der Waals surface area contributed by atoms with Gasteiger partial charge in [0.15, 0.2) is 5.82 Å². The van der Waals surface area contributed by atoms with Gasteiger partial charge in [0.1, 0.15) is 29.1 Å². The lowest BCUT2D eigenvalue weighted by atomic mass is 9.82. The molecule has 0 amide bonds. The van der Waals surface area contributed by atoms with Crippen molar-refractivity contribution in [1.82, 2.24) is 24.6 Å². The van der Waals surface area contributed by atoms with Crippen molar-refractivity contribution in [1.29, 1.82) is 0 Å². The zero-order valence-electron chi connectivity index (χ0n) is 19.3. The quantitative estimate of drug-likeness (QED) is 0.377. The van der Waals surface area contributed by atoms with Gasteiger partial charge in [0.05, 0.1) is 5.52 Å². The van der Waals surface area contributed by atoms with E-state index < -0.39 is 0 Å². The zero-order chi connectivity index (χ0) is 23.8. The van der Waals surface area contributed by atoms with E-state index in [1.807, 2.05) is 65.2 Å². The Kier molecular flexibility index (Phi) is 5.50. The topological polar surface area (TPSA) is 117 Å². The van der Waals surface area contributed by atoms with Gasteiger partial charge in [-0.2, -0.15) is 5.10 Å². The summed E-state index contributed by atoms with van der Waals surface area (Å²) < 4.78 is 7.82. The number of pyridine rings is 1. The fraction of sp³-hybridized carbons (Fsp3) is 0.259. The Balaban J connectivity index is 1.41. The number of rotatable bonds is 5. The number of para-hydroxylation sites is 1. The van der Waals surface area contributed by atoms with E-state index in [2.05, 4.69) is 10.1 Å². The van der Waals surface area contributed by atoms with Crippen molar-refractivity contribution in [3.05, 3.63) is 72.8 Å². The van der Waals surface area contributed by atoms with Crippen LogP contribution in [0.2, 0.25) is 0 Å². The van der Waals surface area contributed by atoms with Gasteiger partial charge in [-0.15, -0.1) is 0 Å². The van der Waals surface area contributed by atoms with E-state index in [1.54, 1.807) is 0 Å². The number of anilines is 1. The van der Waals surface area contributed by atoms with Crippen LogP contribution in [0.1, 0.15) is 37.4 Å². The average Bonchev–Trinajstić information content (AvgIpc) is 3.30. The Labute approximate surface area is 203 Å². The van der Waals surface area contributed by atoms with Crippen LogP contribution in [0.3, 0.4) is 0 Å². The van der Waals surface area contributed by atoms with Gasteiger partial charge in [-0.3, -0.25) is 0 Å². The van der Waals surface area contributed by atoms with Crippen molar-refractivity contribution in [3.8, 4) is 22.9 Å². The number of hydrogen-bond donors (Lipinski definition) is 2. The van der Waals surface area contributed by atoms with E-state index in [0.717, 1.165) is 71.5 Å². The second-order valence-electron chi connectivity index (χ2n) is 9.15. The molecule has 4 N–H and O–H groups in total. The standard InChI is InChI=1S/C27H27N7O/c28-15-17-6-8-19(9-7-17)27-33-24(25-26(29)30-16-31-34(25)27)20-11-10-18-12-13-23(32-22(18)14-20)35-21-4-2-1-3-5-21/h1-5,10-14,16-17,19H,6-9,15,28H2,(H2,29,30,31). The fourth-order valence-corrected chi connectivity index (χ4v) is 5.01. The molecule has 6 rings (SSSR count). The molecule has 0 saturated heterocycles. The molecule has 1 fully saturated rings. The van der Waals surface area contributed by atoms with Crippen molar-refractivity contribution in [2.24, 2.45) is 11.7 Å². The number of nitrogen functional groups attached to an aromatic ring is 1. The van der Waals surface area contributed by atoms with E-state index in [4.69, 9.17) is 26.2 Å². The van der Waals surface area contributed by atoms with E-state index in [1.165, 1.54) is 6.33 Å². The van der Waals surface area contributed by atoms with Gasteiger partial charge in [-0.05, 0) is 62.4 Å². The molecule has 3 heterocycles. The summed E-state index contributed by atoms with van der Waals surface area (Å²) >= 11 is 0. The van der Waals surface area contributed by atoms with Crippen LogP contribution in [0, 0.1) is 5.92 Å². The number of aromatic nitrogens is 5. The largest absolute Gasteiger partial charge is 0.439 e. The second-order valence-corrected chi connectivity index (χ2v) is 9.15. The van der Waals surface area contributed by atoms with Crippen molar-refractivity contribution in [3.63, 3.8) is 0 Å². The maximum atomic E-state index is 6.34. The first-order chi connectivity index (χ1) is 17.2. The molecule has 0 radical (unpaired) electrons. The molecule has 5 aromatic rings. The van der Waals surface area contributed by atoms with Crippen LogP contribution in [-0.4, -0.2) is 31.1 Å². The highest BCUT2D eigenvalue weighted by Crippen LogP contribution is 2.38. The molecule has 0 aliphatic heterocycles. The Hall–Kier alpha value is -4.04. The summed E-state index contributed by atoms with van der Waals surface area (Å²) in [6, 6.07) is 19.6. The van der Waals surface area contributed by atoms with Gasteiger partial charge < -0.3 is 16.2 Å².